The van der Waals surface area contributed by atoms with Crippen LogP contribution in [0, 0.1) is 5.82 Å². The molecule has 7 heteroatoms. The van der Waals surface area contributed by atoms with Crippen LogP contribution in [0.2, 0.25) is 5.02 Å². The molecule has 2 rings (SSSR count). The molecule has 0 radical (unpaired) electrons. The predicted octanol–water partition coefficient (Wildman–Crippen LogP) is 3.20. The van der Waals surface area contributed by atoms with E-state index in [1.54, 1.807) is 26.3 Å². The summed E-state index contributed by atoms with van der Waals surface area (Å²) < 4.78 is 18.7. The van der Waals surface area contributed by atoms with Crippen LogP contribution in [0.3, 0.4) is 0 Å². The molecule has 1 aromatic heterocycles. The number of rotatable bonds is 5. The average Bonchev–Trinajstić information content (AvgIpc) is 2.43. The molecular weight excluding hydrogens is 283 g/mol. The molecule has 0 fully saturated rings. The lowest BCUT2D eigenvalue weighted by molar-refractivity contribution is 0.178. The van der Waals surface area contributed by atoms with Crippen LogP contribution in [-0.4, -0.2) is 24.1 Å². The maximum absolute atomic E-state index is 13.7. The summed E-state index contributed by atoms with van der Waals surface area (Å²) in [5, 5.41) is 6.05. The van der Waals surface area contributed by atoms with Gasteiger partial charge >= 0.3 is 0 Å². The van der Waals surface area contributed by atoms with E-state index in [9.17, 15) is 4.39 Å². The minimum absolute atomic E-state index is 0.179. The highest BCUT2D eigenvalue weighted by Gasteiger charge is 2.10. The van der Waals surface area contributed by atoms with Gasteiger partial charge in [-0.15, -0.1) is 0 Å². The lowest BCUT2D eigenvalue weighted by Gasteiger charge is -2.11. The second-order valence-corrected chi connectivity index (χ2v) is 4.37. The van der Waals surface area contributed by atoms with E-state index in [4.69, 9.17) is 16.3 Å². The van der Waals surface area contributed by atoms with Crippen LogP contribution in [0.5, 0.6) is 0 Å². The number of hydrogen-bond donors (Lipinski definition) is 2. The molecule has 0 aliphatic carbocycles. The first-order chi connectivity index (χ1) is 9.63. The van der Waals surface area contributed by atoms with Crippen molar-refractivity contribution in [2.24, 2.45) is 0 Å². The second-order valence-electron chi connectivity index (χ2n) is 3.96. The minimum Gasteiger partial charge on any atom is -0.377 e. The first-order valence-corrected chi connectivity index (χ1v) is 6.27. The topological polar surface area (TPSA) is 59.1 Å². The van der Waals surface area contributed by atoms with E-state index in [-0.39, 0.29) is 17.3 Å². The van der Waals surface area contributed by atoms with Crippen molar-refractivity contribution in [3.05, 3.63) is 40.9 Å². The fourth-order valence-corrected chi connectivity index (χ4v) is 1.84. The maximum atomic E-state index is 13.7. The van der Waals surface area contributed by atoms with Gasteiger partial charge in [0.2, 0.25) is 0 Å². The summed E-state index contributed by atoms with van der Waals surface area (Å²) in [4.78, 5) is 8.45. The summed E-state index contributed by atoms with van der Waals surface area (Å²) in [7, 11) is 3.29. The third-order valence-corrected chi connectivity index (χ3v) is 2.83. The molecule has 2 aromatic rings. The van der Waals surface area contributed by atoms with E-state index < -0.39 is 5.82 Å². The summed E-state index contributed by atoms with van der Waals surface area (Å²) in [6.07, 6.45) is 0. The van der Waals surface area contributed by atoms with Gasteiger partial charge in [-0.1, -0.05) is 17.7 Å². The van der Waals surface area contributed by atoms with Crippen molar-refractivity contribution in [3.8, 4) is 0 Å². The smallest absolute Gasteiger partial charge is 0.158 e. The Morgan fingerprint density at radius 2 is 2.05 bits per heavy atom. The van der Waals surface area contributed by atoms with E-state index >= 15 is 0 Å². The average molecular weight is 297 g/mol. The van der Waals surface area contributed by atoms with Crippen LogP contribution in [0.25, 0.3) is 0 Å². The summed E-state index contributed by atoms with van der Waals surface area (Å²) >= 11 is 5.97. The lowest BCUT2D eigenvalue weighted by Crippen LogP contribution is -2.05. The Balaban J connectivity index is 2.35. The van der Waals surface area contributed by atoms with E-state index in [0.29, 0.717) is 17.5 Å². The number of halogens is 2. The van der Waals surface area contributed by atoms with Crippen molar-refractivity contribution in [2.75, 3.05) is 24.8 Å². The Morgan fingerprint density at radius 3 is 2.70 bits per heavy atom. The Kier molecular flexibility index (Phi) is 4.70. The standard InChI is InChI=1S/C13H14ClFN4O/c1-16-10-6-11(18-12(17-10)7-20-2)19-13-8(14)4-3-5-9(13)15/h3-6H,7H2,1-2H3,(H2,16,17,18,19). The number of benzene rings is 1. The van der Waals surface area contributed by atoms with Crippen molar-refractivity contribution in [1.29, 1.82) is 0 Å². The van der Waals surface area contributed by atoms with Gasteiger partial charge in [0.05, 0.1) is 10.7 Å². The molecule has 0 saturated heterocycles. The SMILES string of the molecule is CNc1cc(Nc2c(F)cccc2Cl)nc(COC)n1. The Bertz CT molecular complexity index is 589. The third kappa shape index (κ3) is 3.34. The van der Waals surface area contributed by atoms with Gasteiger partial charge in [0.25, 0.3) is 0 Å². The Labute approximate surface area is 121 Å². The summed E-state index contributed by atoms with van der Waals surface area (Å²) in [6.45, 7) is 0.259. The summed E-state index contributed by atoms with van der Waals surface area (Å²) in [5.41, 5.74) is 0.179. The lowest BCUT2D eigenvalue weighted by atomic mass is 10.3. The van der Waals surface area contributed by atoms with Crippen LogP contribution >= 0.6 is 11.6 Å². The van der Waals surface area contributed by atoms with Crippen molar-refractivity contribution in [1.82, 2.24) is 9.97 Å². The van der Waals surface area contributed by atoms with Gasteiger partial charge in [-0.2, -0.15) is 0 Å². The zero-order chi connectivity index (χ0) is 14.5. The monoisotopic (exact) mass is 296 g/mol. The number of hydrogen-bond acceptors (Lipinski definition) is 5. The number of aromatic nitrogens is 2. The van der Waals surface area contributed by atoms with Crippen LogP contribution < -0.4 is 10.6 Å². The molecule has 1 heterocycles. The number of nitrogens with zero attached hydrogens (tertiary/aromatic N) is 2. The first kappa shape index (κ1) is 14.5. The van der Waals surface area contributed by atoms with Gasteiger partial charge in [-0.3, -0.25) is 0 Å². The van der Waals surface area contributed by atoms with Crippen molar-refractivity contribution in [3.63, 3.8) is 0 Å². The molecule has 106 valence electrons. The quantitative estimate of drug-likeness (QED) is 0.887. The molecule has 0 bridgehead atoms. The zero-order valence-corrected chi connectivity index (χ0v) is 11.8. The van der Waals surface area contributed by atoms with Crippen LogP contribution in [-0.2, 0) is 11.3 Å². The van der Waals surface area contributed by atoms with E-state index in [1.807, 2.05) is 0 Å². The molecule has 0 saturated carbocycles. The number of anilines is 3. The molecule has 5 nitrogen and oxygen atoms in total. The highest BCUT2D eigenvalue weighted by Crippen LogP contribution is 2.28. The molecule has 20 heavy (non-hydrogen) atoms. The van der Waals surface area contributed by atoms with Gasteiger partial charge in [0.1, 0.15) is 24.1 Å². The summed E-state index contributed by atoms with van der Waals surface area (Å²) in [6, 6.07) is 6.12. The second kappa shape index (κ2) is 6.49. The number of methoxy groups -OCH3 is 1. The first-order valence-electron chi connectivity index (χ1n) is 5.89. The number of ether oxygens (including phenoxy) is 1. The van der Waals surface area contributed by atoms with E-state index in [2.05, 4.69) is 20.6 Å². The third-order valence-electron chi connectivity index (χ3n) is 2.52. The summed E-state index contributed by atoms with van der Waals surface area (Å²) in [5.74, 6) is 1.06. The Morgan fingerprint density at radius 1 is 1.30 bits per heavy atom. The molecule has 0 amide bonds. The molecule has 0 spiro atoms. The van der Waals surface area contributed by atoms with E-state index in [1.165, 1.54) is 12.1 Å². The predicted molar refractivity (Wildman–Crippen MR) is 77.0 cm³/mol. The van der Waals surface area contributed by atoms with Crippen molar-refractivity contribution in [2.45, 2.75) is 6.61 Å². The van der Waals surface area contributed by atoms with Crippen LogP contribution in [0.4, 0.5) is 21.7 Å². The van der Waals surface area contributed by atoms with Crippen LogP contribution in [0.15, 0.2) is 24.3 Å². The highest BCUT2D eigenvalue weighted by molar-refractivity contribution is 6.33. The fourth-order valence-electron chi connectivity index (χ4n) is 1.63. The van der Waals surface area contributed by atoms with Gasteiger partial charge in [-0.05, 0) is 12.1 Å². The number of para-hydroxylation sites is 1. The van der Waals surface area contributed by atoms with Crippen molar-refractivity contribution < 1.29 is 9.13 Å². The maximum Gasteiger partial charge on any atom is 0.158 e. The number of nitrogens with one attached hydrogen (secondary N) is 2. The Hall–Kier alpha value is -1.92. The van der Waals surface area contributed by atoms with E-state index in [0.717, 1.165) is 0 Å². The van der Waals surface area contributed by atoms with Gasteiger partial charge in [0, 0.05) is 20.2 Å². The minimum atomic E-state index is -0.449. The highest BCUT2D eigenvalue weighted by atomic mass is 35.5. The largest absolute Gasteiger partial charge is 0.377 e. The van der Waals surface area contributed by atoms with Crippen molar-refractivity contribution >= 4 is 28.9 Å². The molecular formula is C13H14ClFN4O. The van der Waals surface area contributed by atoms with Crippen LogP contribution in [0.1, 0.15) is 5.82 Å². The zero-order valence-electron chi connectivity index (χ0n) is 11.1. The van der Waals surface area contributed by atoms with Gasteiger partial charge in [0.15, 0.2) is 5.82 Å². The molecule has 2 N–H and O–H groups in total. The fraction of sp³-hybridized carbons (Fsp3) is 0.231. The molecule has 0 aliphatic heterocycles. The van der Waals surface area contributed by atoms with Gasteiger partial charge < -0.3 is 15.4 Å². The molecule has 0 atom stereocenters. The van der Waals surface area contributed by atoms with Gasteiger partial charge in [-0.25, -0.2) is 14.4 Å². The normalized spacial score (nSPS) is 10.4. The molecule has 0 aliphatic rings. The molecule has 1 aromatic carbocycles. The molecule has 0 unspecified atom stereocenters.